The van der Waals surface area contributed by atoms with Gasteiger partial charge in [0.2, 0.25) is 0 Å². The zero-order chi connectivity index (χ0) is 20.1. The van der Waals surface area contributed by atoms with E-state index in [0.717, 1.165) is 17.9 Å². The maximum absolute atomic E-state index is 12.9. The molecule has 0 aliphatic heterocycles. The van der Waals surface area contributed by atoms with Gasteiger partial charge in [-0.15, -0.1) is 0 Å². The quantitative estimate of drug-likeness (QED) is 0.569. The van der Waals surface area contributed by atoms with Gasteiger partial charge in [-0.25, -0.2) is 12.8 Å². The standard InChI is InChI=1S/C18H18FN3O5S/c1-12(11-14-3-2-9-26-14)20-17(23)18-21-16(22-27-18)8-10-28(24,25)15-6-4-13(19)5-7-15/h2-7,9,12H,8,10-11H2,1H3,(H,20,23). The van der Waals surface area contributed by atoms with Crippen molar-refractivity contribution in [3.8, 4) is 0 Å². The Hall–Kier alpha value is -3.01. The first kappa shape index (κ1) is 19.7. The van der Waals surface area contributed by atoms with E-state index in [9.17, 15) is 17.6 Å². The van der Waals surface area contributed by atoms with Crippen molar-refractivity contribution in [2.24, 2.45) is 0 Å². The summed E-state index contributed by atoms with van der Waals surface area (Å²) in [5, 5.41) is 6.34. The second-order valence-corrected chi connectivity index (χ2v) is 8.31. The molecule has 1 amide bonds. The minimum absolute atomic E-state index is 0.00196. The number of rotatable bonds is 8. The van der Waals surface area contributed by atoms with Gasteiger partial charge in [-0.1, -0.05) is 5.16 Å². The lowest BCUT2D eigenvalue weighted by Gasteiger charge is -2.10. The Morgan fingerprint density at radius 2 is 2.00 bits per heavy atom. The van der Waals surface area contributed by atoms with Crippen LogP contribution in [0.15, 0.2) is 56.5 Å². The fraction of sp³-hybridized carbons (Fsp3) is 0.278. The fourth-order valence-corrected chi connectivity index (χ4v) is 3.74. The van der Waals surface area contributed by atoms with E-state index in [1.54, 1.807) is 25.3 Å². The van der Waals surface area contributed by atoms with Gasteiger partial charge in [-0.3, -0.25) is 4.79 Å². The molecule has 28 heavy (non-hydrogen) atoms. The highest BCUT2D eigenvalue weighted by atomic mass is 32.2. The van der Waals surface area contributed by atoms with Crippen molar-refractivity contribution in [2.45, 2.75) is 30.7 Å². The van der Waals surface area contributed by atoms with E-state index >= 15 is 0 Å². The van der Waals surface area contributed by atoms with Crippen LogP contribution in [0.5, 0.6) is 0 Å². The Bertz CT molecular complexity index is 1030. The Morgan fingerprint density at radius 3 is 2.68 bits per heavy atom. The van der Waals surface area contributed by atoms with E-state index in [1.807, 2.05) is 0 Å². The van der Waals surface area contributed by atoms with Crippen molar-refractivity contribution in [3.63, 3.8) is 0 Å². The minimum atomic E-state index is -3.63. The van der Waals surface area contributed by atoms with Crippen LogP contribution < -0.4 is 5.32 Å². The van der Waals surface area contributed by atoms with E-state index in [0.29, 0.717) is 6.42 Å². The van der Waals surface area contributed by atoms with Crippen LogP contribution in [0.2, 0.25) is 0 Å². The zero-order valence-electron chi connectivity index (χ0n) is 15.0. The molecule has 0 aliphatic carbocycles. The van der Waals surface area contributed by atoms with Gasteiger partial charge >= 0.3 is 11.8 Å². The smallest absolute Gasteiger partial charge is 0.315 e. The van der Waals surface area contributed by atoms with E-state index in [4.69, 9.17) is 8.94 Å². The minimum Gasteiger partial charge on any atom is -0.469 e. The van der Waals surface area contributed by atoms with Crippen LogP contribution in [-0.4, -0.2) is 36.3 Å². The zero-order valence-corrected chi connectivity index (χ0v) is 15.8. The lowest BCUT2D eigenvalue weighted by molar-refractivity contribution is 0.0895. The summed E-state index contributed by atoms with van der Waals surface area (Å²) in [6, 6.07) is 7.87. The molecule has 3 rings (SSSR count). The summed E-state index contributed by atoms with van der Waals surface area (Å²) in [5.74, 6) is -0.804. The Kier molecular flexibility index (Phi) is 5.88. The first-order chi connectivity index (χ1) is 13.3. The summed E-state index contributed by atoms with van der Waals surface area (Å²) in [6.07, 6.45) is 2.00. The number of furan rings is 1. The highest BCUT2D eigenvalue weighted by Gasteiger charge is 2.20. The summed E-state index contributed by atoms with van der Waals surface area (Å²) in [6.45, 7) is 1.80. The summed E-state index contributed by atoms with van der Waals surface area (Å²) < 4.78 is 47.6. The summed E-state index contributed by atoms with van der Waals surface area (Å²) in [5.41, 5.74) is 0. The average molecular weight is 407 g/mol. The average Bonchev–Trinajstić information content (AvgIpc) is 3.32. The van der Waals surface area contributed by atoms with Crippen molar-refractivity contribution in [1.29, 1.82) is 0 Å². The van der Waals surface area contributed by atoms with Gasteiger partial charge in [0.15, 0.2) is 15.7 Å². The molecule has 0 aliphatic rings. The van der Waals surface area contributed by atoms with Gasteiger partial charge in [0.1, 0.15) is 11.6 Å². The molecule has 1 atom stereocenters. The molecule has 1 unspecified atom stereocenters. The molecule has 0 saturated heterocycles. The number of aromatic nitrogens is 2. The first-order valence-corrected chi connectivity index (χ1v) is 10.1. The van der Waals surface area contributed by atoms with Crippen LogP contribution in [0.3, 0.4) is 0 Å². The molecular weight excluding hydrogens is 389 g/mol. The van der Waals surface area contributed by atoms with Crippen molar-refractivity contribution in [3.05, 3.63) is 66.0 Å². The number of hydrogen-bond donors (Lipinski definition) is 1. The van der Waals surface area contributed by atoms with Crippen LogP contribution in [0.1, 0.15) is 29.2 Å². The molecule has 148 valence electrons. The number of benzene rings is 1. The van der Waals surface area contributed by atoms with E-state index in [2.05, 4.69) is 15.5 Å². The first-order valence-electron chi connectivity index (χ1n) is 8.47. The lowest BCUT2D eigenvalue weighted by Crippen LogP contribution is -2.34. The number of nitrogens with one attached hydrogen (secondary N) is 1. The largest absolute Gasteiger partial charge is 0.469 e. The third kappa shape index (κ3) is 5.03. The van der Waals surface area contributed by atoms with Crippen LogP contribution in [0, 0.1) is 5.82 Å². The van der Waals surface area contributed by atoms with Crippen LogP contribution in [0.4, 0.5) is 4.39 Å². The number of sulfone groups is 1. The topological polar surface area (TPSA) is 115 Å². The second kappa shape index (κ2) is 8.34. The number of amides is 1. The van der Waals surface area contributed by atoms with E-state index in [1.165, 1.54) is 12.1 Å². The second-order valence-electron chi connectivity index (χ2n) is 6.20. The van der Waals surface area contributed by atoms with E-state index < -0.39 is 21.6 Å². The summed E-state index contributed by atoms with van der Waals surface area (Å²) in [7, 11) is -3.63. The highest BCUT2D eigenvalue weighted by Crippen LogP contribution is 2.13. The summed E-state index contributed by atoms with van der Waals surface area (Å²) in [4.78, 5) is 16.1. The molecule has 0 fully saturated rings. The van der Waals surface area contributed by atoms with Crippen LogP contribution >= 0.6 is 0 Å². The normalized spacial score (nSPS) is 12.6. The van der Waals surface area contributed by atoms with Crippen molar-refractivity contribution < 1.29 is 26.5 Å². The van der Waals surface area contributed by atoms with E-state index in [-0.39, 0.29) is 34.8 Å². The molecule has 1 aromatic carbocycles. The molecule has 2 heterocycles. The Balaban J connectivity index is 1.56. The molecule has 1 N–H and O–H groups in total. The van der Waals surface area contributed by atoms with Gasteiger partial charge < -0.3 is 14.3 Å². The Morgan fingerprint density at radius 1 is 1.25 bits per heavy atom. The number of aryl methyl sites for hydroxylation is 1. The van der Waals surface area contributed by atoms with Crippen LogP contribution in [0.25, 0.3) is 0 Å². The fourth-order valence-electron chi connectivity index (χ4n) is 2.50. The molecule has 0 spiro atoms. The molecule has 0 bridgehead atoms. The van der Waals surface area contributed by atoms with Gasteiger partial charge in [0.25, 0.3) is 0 Å². The summed E-state index contributed by atoms with van der Waals surface area (Å²) >= 11 is 0. The number of halogens is 1. The van der Waals surface area contributed by atoms with Gasteiger partial charge in [-0.2, -0.15) is 4.98 Å². The maximum atomic E-state index is 12.9. The molecule has 2 aromatic heterocycles. The predicted molar refractivity (Wildman–Crippen MR) is 95.8 cm³/mol. The van der Waals surface area contributed by atoms with Crippen molar-refractivity contribution in [1.82, 2.24) is 15.5 Å². The van der Waals surface area contributed by atoms with Gasteiger partial charge in [0, 0.05) is 18.9 Å². The van der Waals surface area contributed by atoms with Crippen molar-refractivity contribution in [2.75, 3.05) is 5.75 Å². The molecule has 0 saturated carbocycles. The van der Waals surface area contributed by atoms with Crippen LogP contribution in [-0.2, 0) is 22.7 Å². The molecule has 3 aromatic rings. The third-order valence-corrected chi connectivity index (χ3v) is 5.63. The highest BCUT2D eigenvalue weighted by molar-refractivity contribution is 7.91. The molecule has 10 heteroatoms. The number of hydrogen-bond acceptors (Lipinski definition) is 7. The lowest BCUT2D eigenvalue weighted by atomic mass is 10.2. The number of nitrogens with zero attached hydrogens (tertiary/aromatic N) is 2. The van der Waals surface area contributed by atoms with Crippen molar-refractivity contribution >= 4 is 15.7 Å². The predicted octanol–water partition coefficient (Wildman–Crippen LogP) is 2.18. The SMILES string of the molecule is CC(Cc1ccco1)NC(=O)c1nc(CCS(=O)(=O)c2ccc(F)cc2)no1. The van der Waals surface area contributed by atoms with Gasteiger partial charge in [0.05, 0.1) is 16.9 Å². The molecule has 8 nitrogen and oxygen atoms in total. The number of carbonyl (C=O) groups is 1. The number of carbonyl (C=O) groups excluding carboxylic acids is 1. The van der Waals surface area contributed by atoms with Gasteiger partial charge in [-0.05, 0) is 43.3 Å². The third-order valence-electron chi connectivity index (χ3n) is 3.89. The Labute approximate surface area is 160 Å². The molecular formula is C18H18FN3O5S. The molecule has 0 radical (unpaired) electrons. The maximum Gasteiger partial charge on any atom is 0.315 e. The monoisotopic (exact) mass is 407 g/mol.